The number of nitrogens with one attached hydrogen (secondary N) is 1. The zero-order valence-electron chi connectivity index (χ0n) is 13.1. The van der Waals surface area contributed by atoms with Crippen molar-refractivity contribution < 1.29 is 9.59 Å². The summed E-state index contributed by atoms with van der Waals surface area (Å²) in [6.45, 7) is 6.74. The third kappa shape index (κ3) is 2.57. The molecule has 2 fully saturated rings. The summed E-state index contributed by atoms with van der Waals surface area (Å²) in [5, 5.41) is 3.00. The molecule has 114 valence electrons. The first kappa shape index (κ1) is 15.3. The van der Waals surface area contributed by atoms with Gasteiger partial charge in [-0.25, -0.2) is 0 Å². The summed E-state index contributed by atoms with van der Waals surface area (Å²) >= 11 is 0. The fourth-order valence-corrected chi connectivity index (χ4v) is 3.75. The summed E-state index contributed by atoms with van der Waals surface area (Å²) in [4.78, 5) is 27.2. The lowest BCUT2D eigenvalue weighted by atomic mass is 9.86. The normalized spacial score (nSPS) is 26.9. The fraction of sp³-hybridized carbons (Fsp3) is 0.875. The highest BCUT2D eigenvalue weighted by Gasteiger charge is 2.48. The first-order valence-electron chi connectivity index (χ1n) is 8.21. The van der Waals surface area contributed by atoms with E-state index in [1.165, 1.54) is 25.7 Å². The van der Waals surface area contributed by atoms with Gasteiger partial charge in [0.25, 0.3) is 0 Å². The van der Waals surface area contributed by atoms with Gasteiger partial charge in [-0.15, -0.1) is 0 Å². The van der Waals surface area contributed by atoms with Crippen molar-refractivity contribution in [1.29, 1.82) is 0 Å². The maximum absolute atomic E-state index is 12.9. The van der Waals surface area contributed by atoms with E-state index in [1.807, 2.05) is 25.7 Å². The number of hydrogen-bond donors (Lipinski definition) is 1. The van der Waals surface area contributed by atoms with E-state index in [9.17, 15) is 9.59 Å². The molecule has 0 spiro atoms. The summed E-state index contributed by atoms with van der Waals surface area (Å²) in [6.07, 6.45) is 6.98. The number of carbonyl (C=O) groups excluding carboxylic acids is 2. The molecule has 0 aromatic rings. The van der Waals surface area contributed by atoms with Gasteiger partial charge in [0, 0.05) is 6.54 Å². The van der Waals surface area contributed by atoms with Crippen LogP contribution in [-0.2, 0) is 9.59 Å². The average molecular weight is 280 g/mol. The second-order valence-electron chi connectivity index (χ2n) is 6.31. The minimum atomic E-state index is -0.665. The van der Waals surface area contributed by atoms with Crippen LogP contribution in [0.25, 0.3) is 0 Å². The average Bonchev–Trinajstić information content (AvgIpc) is 2.96. The van der Waals surface area contributed by atoms with Crippen molar-refractivity contribution in [3.63, 3.8) is 0 Å². The lowest BCUT2D eigenvalue weighted by Crippen LogP contribution is -2.70. The van der Waals surface area contributed by atoms with Gasteiger partial charge in [-0.1, -0.05) is 33.6 Å². The molecule has 1 N–H and O–H groups in total. The Balaban J connectivity index is 2.22. The minimum Gasteiger partial charge on any atom is -0.340 e. The largest absolute Gasteiger partial charge is 0.340 e. The second kappa shape index (κ2) is 6.15. The first-order valence-corrected chi connectivity index (χ1v) is 8.21. The maximum atomic E-state index is 12.9. The minimum absolute atomic E-state index is 0.0359. The van der Waals surface area contributed by atoms with Crippen LogP contribution in [0.5, 0.6) is 0 Å². The Bertz CT molecular complexity index is 371. The molecule has 1 atom stereocenters. The van der Waals surface area contributed by atoms with Gasteiger partial charge in [0.05, 0.1) is 0 Å². The molecule has 4 heteroatoms. The molecule has 0 radical (unpaired) electrons. The topological polar surface area (TPSA) is 49.4 Å². The molecule has 1 aliphatic carbocycles. The van der Waals surface area contributed by atoms with Crippen LogP contribution in [0.3, 0.4) is 0 Å². The third-order valence-electron chi connectivity index (χ3n) is 5.24. The van der Waals surface area contributed by atoms with E-state index >= 15 is 0 Å². The van der Waals surface area contributed by atoms with E-state index in [2.05, 4.69) is 5.32 Å². The summed E-state index contributed by atoms with van der Waals surface area (Å²) < 4.78 is 0. The van der Waals surface area contributed by atoms with Gasteiger partial charge >= 0.3 is 0 Å². The van der Waals surface area contributed by atoms with Gasteiger partial charge < -0.3 is 10.2 Å². The standard InChI is InChI=1S/C16H28N2O2/c1-4-13-14(19)17-16(5-2,6-3)15(20)18(13)11-12-9-7-8-10-12/h12-13H,4-11H2,1-3H3,(H,17,19). The van der Waals surface area contributed by atoms with Gasteiger partial charge in [-0.05, 0) is 38.0 Å². The molecule has 20 heavy (non-hydrogen) atoms. The molecule has 4 nitrogen and oxygen atoms in total. The van der Waals surface area contributed by atoms with Gasteiger partial charge in [0.2, 0.25) is 11.8 Å². The van der Waals surface area contributed by atoms with Crippen LogP contribution in [0.1, 0.15) is 65.7 Å². The van der Waals surface area contributed by atoms with Gasteiger partial charge in [-0.3, -0.25) is 9.59 Å². The van der Waals surface area contributed by atoms with Crippen LogP contribution in [0, 0.1) is 5.92 Å². The monoisotopic (exact) mass is 280 g/mol. The van der Waals surface area contributed by atoms with Crippen molar-refractivity contribution in [3.8, 4) is 0 Å². The van der Waals surface area contributed by atoms with E-state index in [-0.39, 0.29) is 17.9 Å². The molecule has 0 aromatic carbocycles. The number of carbonyl (C=O) groups is 2. The third-order valence-corrected chi connectivity index (χ3v) is 5.24. The quantitative estimate of drug-likeness (QED) is 0.841. The van der Waals surface area contributed by atoms with Crippen molar-refractivity contribution in [2.45, 2.75) is 77.3 Å². The molecule has 0 aromatic heterocycles. The van der Waals surface area contributed by atoms with E-state index < -0.39 is 5.54 Å². The molecule has 1 aliphatic heterocycles. The van der Waals surface area contributed by atoms with Crippen molar-refractivity contribution in [3.05, 3.63) is 0 Å². The zero-order valence-corrected chi connectivity index (χ0v) is 13.1. The number of piperazine rings is 1. The Hall–Kier alpha value is -1.06. The van der Waals surface area contributed by atoms with Gasteiger partial charge in [-0.2, -0.15) is 0 Å². The predicted octanol–water partition coefficient (Wildman–Crippen LogP) is 2.47. The van der Waals surface area contributed by atoms with E-state index in [0.717, 1.165) is 6.54 Å². The SMILES string of the molecule is CCC1C(=O)NC(CC)(CC)C(=O)N1CC1CCCC1. The summed E-state index contributed by atoms with van der Waals surface area (Å²) in [6, 6.07) is -0.269. The highest BCUT2D eigenvalue weighted by Crippen LogP contribution is 2.31. The van der Waals surface area contributed by atoms with Crippen LogP contribution in [0.4, 0.5) is 0 Å². The molecule has 1 saturated carbocycles. The molecule has 2 amide bonds. The summed E-state index contributed by atoms with van der Waals surface area (Å²) in [7, 11) is 0. The van der Waals surface area contributed by atoms with Crippen LogP contribution in [0.15, 0.2) is 0 Å². The van der Waals surface area contributed by atoms with Crippen LogP contribution in [0.2, 0.25) is 0 Å². The molecular weight excluding hydrogens is 252 g/mol. The van der Waals surface area contributed by atoms with Crippen LogP contribution >= 0.6 is 0 Å². The van der Waals surface area contributed by atoms with Crippen molar-refractivity contribution >= 4 is 11.8 Å². The maximum Gasteiger partial charge on any atom is 0.248 e. The Labute approximate surface area is 122 Å². The second-order valence-corrected chi connectivity index (χ2v) is 6.31. The Morgan fingerprint density at radius 1 is 1.15 bits per heavy atom. The molecule has 2 rings (SSSR count). The van der Waals surface area contributed by atoms with Crippen LogP contribution in [-0.4, -0.2) is 34.8 Å². The zero-order chi connectivity index (χ0) is 14.8. The number of amides is 2. The number of hydrogen-bond acceptors (Lipinski definition) is 2. The molecule has 1 heterocycles. The van der Waals surface area contributed by atoms with Crippen molar-refractivity contribution in [2.24, 2.45) is 5.92 Å². The Kier molecular flexibility index (Phi) is 4.71. The lowest BCUT2D eigenvalue weighted by Gasteiger charge is -2.46. The smallest absolute Gasteiger partial charge is 0.248 e. The highest BCUT2D eigenvalue weighted by atomic mass is 16.2. The number of nitrogens with zero attached hydrogens (tertiary/aromatic N) is 1. The summed E-state index contributed by atoms with van der Waals surface area (Å²) in [5.74, 6) is 0.764. The first-order chi connectivity index (χ1) is 9.57. The van der Waals surface area contributed by atoms with E-state index in [1.54, 1.807) is 0 Å². The molecular formula is C16H28N2O2. The van der Waals surface area contributed by atoms with Gasteiger partial charge in [0.1, 0.15) is 11.6 Å². The molecule has 2 aliphatic rings. The van der Waals surface area contributed by atoms with E-state index in [4.69, 9.17) is 0 Å². The van der Waals surface area contributed by atoms with E-state index in [0.29, 0.717) is 25.2 Å². The molecule has 0 bridgehead atoms. The van der Waals surface area contributed by atoms with Crippen molar-refractivity contribution in [1.82, 2.24) is 10.2 Å². The summed E-state index contributed by atoms with van der Waals surface area (Å²) in [5.41, 5.74) is -0.665. The Morgan fingerprint density at radius 2 is 1.75 bits per heavy atom. The molecule has 1 saturated heterocycles. The molecule has 1 unspecified atom stereocenters. The highest BCUT2D eigenvalue weighted by molar-refractivity contribution is 5.99. The number of rotatable bonds is 5. The predicted molar refractivity (Wildman–Crippen MR) is 79.2 cm³/mol. The fourth-order valence-electron chi connectivity index (χ4n) is 3.75. The van der Waals surface area contributed by atoms with Gasteiger partial charge in [0.15, 0.2) is 0 Å². The van der Waals surface area contributed by atoms with Crippen molar-refractivity contribution in [2.75, 3.05) is 6.54 Å². The van der Waals surface area contributed by atoms with Crippen LogP contribution < -0.4 is 5.32 Å². The Morgan fingerprint density at radius 3 is 2.25 bits per heavy atom. The lowest BCUT2D eigenvalue weighted by molar-refractivity contribution is -0.156.